The van der Waals surface area contributed by atoms with Gasteiger partial charge in [-0.2, -0.15) is 0 Å². The molecule has 3 aromatic rings. The van der Waals surface area contributed by atoms with Crippen molar-refractivity contribution in [2.24, 2.45) is 0 Å². The Labute approximate surface area is 197 Å². The maximum Gasteiger partial charge on any atom is 0.270 e. The number of nitro groups is 1. The van der Waals surface area contributed by atoms with E-state index in [2.05, 4.69) is 33.1 Å². The standard InChI is InChI=1S/C24H24N4O5S/c29-24(25-13-14-26-34(32,33)23-7-3-6-22(16-23)28(30)31)19-8-10-21(11-9-19)27-15-12-18-4-1-2-5-20(18)17-27/h1-11,16,26H,12-15,17H2,(H,25,29). The first-order valence-electron chi connectivity index (χ1n) is 10.8. The van der Waals surface area contributed by atoms with Crippen molar-refractivity contribution in [1.82, 2.24) is 10.0 Å². The number of nitro benzene ring substituents is 1. The Morgan fingerprint density at radius 2 is 1.71 bits per heavy atom. The second-order valence-electron chi connectivity index (χ2n) is 7.90. The van der Waals surface area contributed by atoms with Crippen molar-refractivity contribution in [3.63, 3.8) is 0 Å². The lowest BCUT2D eigenvalue weighted by Crippen LogP contribution is -2.34. The van der Waals surface area contributed by atoms with Crippen LogP contribution in [0.1, 0.15) is 21.5 Å². The molecule has 0 bridgehead atoms. The summed E-state index contributed by atoms with van der Waals surface area (Å²) in [5, 5.41) is 13.5. The lowest BCUT2D eigenvalue weighted by molar-refractivity contribution is -0.385. The molecule has 0 saturated carbocycles. The summed E-state index contributed by atoms with van der Waals surface area (Å²) >= 11 is 0. The van der Waals surface area contributed by atoms with E-state index in [9.17, 15) is 23.3 Å². The molecule has 34 heavy (non-hydrogen) atoms. The highest BCUT2D eigenvalue weighted by atomic mass is 32.2. The van der Waals surface area contributed by atoms with Crippen molar-refractivity contribution in [2.75, 3.05) is 24.5 Å². The first-order valence-corrected chi connectivity index (χ1v) is 12.3. The Kier molecular flexibility index (Phi) is 6.90. The Hall–Kier alpha value is -3.76. The zero-order chi connectivity index (χ0) is 24.1. The van der Waals surface area contributed by atoms with E-state index in [0.29, 0.717) is 5.56 Å². The van der Waals surface area contributed by atoms with E-state index in [4.69, 9.17) is 0 Å². The average Bonchev–Trinajstić information content (AvgIpc) is 2.86. The highest BCUT2D eigenvalue weighted by molar-refractivity contribution is 7.89. The normalized spacial score (nSPS) is 13.2. The largest absolute Gasteiger partial charge is 0.367 e. The van der Waals surface area contributed by atoms with Crippen molar-refractivity contribution in [2.45, 2.75) is 17.9 Å². The molecule has 1 heterocycles. The van der Waals surface area contributed by atoms with Crippen LogP contribution in [0.3, 0.4) is 0 Å². The zero-order valence-electron chi connectivity index (χ0n) is 18.3. The number of fused-ring (bicyclic) bond motifs is 1. The predicted octanol–water partition coefficient (Wildman–Crippen LogP) is 2.87. The maximum absolute atomic E-state index is 12.4. The van der Waals surface area contributed by atoms with Crippen molar-refractivity contribution >= 4 is 27.3 Å². The summed E-state index contributed by atoms with van der Waals surface area (Å²) < 4.78 is 27.0. The minimum absolute atomic E-state index is 0.0535. The van der Waals surface area contributed by atoms with Gasteiger partial charge in [0, 0.05) is 49.6 Å². The fourth-order valence-corrected chi connectivity index (χ4v) is 4.92. The fourth-order valence-electron chi connectivity index (χ4n) is 3.85. The first kappa shape index (κ1) is 23.4. The van der Waals surface area contributed by atoms with Gasteiger partial charge in [0.2, 0.25) is 10.0 Å². The molecule has 176 valence electrons. The number of hydrogen-bond acceptors (Lipinski definition) is 6. The molecule has 2 N–H and O–H groups in total. The van der Waals surface area contributed by atoms with Crippen LogP contribution in [0.4, 0.5) is 11.4 Å². The van der Waals surface area contributed by atoms with Crippen molar-refractivity contribution in [1.29, 1.82) is 0 Å². The smallest absolute Gasteiger partial charge is 0.270 e. The Morgan fingerprint density at radius 1 is 0.971 bits per heavy atom. The van der Waals surface area contributed by atoms with Crippen LogP contribution in [0.15, 0.2) is 77.7 Å². The van der Waals surface area contributed by atoms with Gasteiger partial charge >= 0.3 is 0 Å². The molecule has 0 spiro atoms. The first-order chi connectivity index (χ1) is 16.3. The summed E-state index contributed by atoms with van der Waals surface area (Å²) in [6.45, 7) is 1.75. The van der Waals surface area contributed by atoms with Crippen molar-refractivity contribution in [3.05, 3.63) is 99.6 Å². The van der Waals surface area contributed by atoms with Gasteiger partial charge < -0.3 is 10.2 Å². The highest BCUT2D eigenvalue weighted by Crippen LogP contribution is 2.24. The number of nitrogens with one attached hydrogen (secondary N) is 2. The van der Waals surface area contributed by atoms with E-state index in [1.807, 2.05) is 18.2 Å². The Balaban J connectivity index is 1.28. The van der Waals surface area contributed by atoms with Gasteiger partial charge in [-0.25, -0.2) is 13.1 Å². The van der Waals surface area contributed by atoms with Crippen LogP contribution < -0.4 is 14.9 Å². The molecule has 0 atom stereocenters. The minimum Gasteiger partial charge on any atom is -0.367 e. The van der Waals surface area contributed by atoms with Crippen LogP contribution in [-0.2, 0) is 23.0 Å². The molecule has 3 aromatic carbocycles. The summed E-state index contributed by atoms with van der Waals surface area (Å²) in [6.07, 6.45) is 0.977. The van der Waals surface area contributed by atoms with E-state index in [1.165, 1.54) is 29.3 Å². The third-order valence-corrected chi connectivity index (χ3v) is 7.13. The van der Waals surface area contributed by atoms with Gasteiger partial charge in [0.25, 0.3) is 11.6 Å². The molecular weight excluding hydrogens is 456 g/mol. The van der Waals surface area contributed by atoms with Gasteiger partial charge in [-0.3, -0.25) is 14.9 Å². The zero-order valence-corrected chi connectivity index (χ0v) is 19.1. The molecule has 0 unspecified atom stereocenters. The quantitative estimate of drug-likeness (QED) is 0.290. The molecule has 1 amide bonds. The molecular formula is C24H24N4O5S. The third kappa shape index (κ3) is 5.41. The van der Waals surface area contributed by atoms with Crippen LogP contribution in [0.2, 0.25) is 0 Å². The van der Waals surface area contributed by atoms with E-state index in [-0.39, 0.29) is 29.6 Å². The molecule has 1 aliphatic rings. The van der Waals surface area contributed by atoms with Gasteiger partial charge in [-0.05, 0) is 47.9 Å². The van der Waals surface area contributed by atoms with Gasteiger partial charge in [-0.1, -0.05) is 30.3 Å². The molecule has 10 heteroatoms. The molecule has 0 fully saturated rings. The van der Waals surface area contributed by atoms with Crippen molar-refractivity contribution < 1.29 is 18.1 Å². The second-order valence-corrected chi connectivity index (χ2v) is 9.66. The molecule has 0 radical (unpaired) electrons. The second kappa shape index (κ2) is 10.0. The van der Waals surface area contributed by atoms with Gasteiger partial charge in [0.1, 0.15) is 0 Å². The lowest BCUT2D eigenvalue weighted by Gasteiger charge is -2.30. The molecule has 0 saturated heterocycles. The maximum atomic E-state index is 12.4. The highest BCUT2D eigenvalue weighted by Gasteiger charge is 2.18. The number of rotatable bonds is 8. The fraction of sp³-hybridized carbons (Fsp3) is 0.208. The molecule has 1 aliphatic heterocycles. The number of benzene rings is 3. The molecule has 9 nitrogen and oxygen atoms in total. The Morgan fingerprint density at radius 3 is 2.44 bits per heavy atom. The van der Waals surface area contributed by atoms with Crippen molar-refractivity contribution in [3.8, 4) is 0 Å². The van der Waals surface area contributed by atoms with Gasteiger partial charge in [-0.15, -0.1) is 0 Å². The molecule has 4 rings (SSSR count). The summed E-state index contributed by atoms with van der Waals surface area (Å²) in [5.41, 5.74) is 3.88. The SMILES string of the molecule is O=C(NCCNS(=O)(=O)c1cccc([N+](=O)[O-])c1)c1ccc(N2CCc3ccccc3C2)cc1. The Bertz CT molecular complexity index is 1310. The average molecular weight is 481 g/mol. The number of nitrogens with zero attached hydrogens (tertiary/aromatic N) is 2. The van der Waals surface area contributed by atoms with Crippen LogP contribution in [0.5, 0.6) is 0 Å². The van der Waals surface area contributed by atoms with E-state index >= 15 is 0 Å². The monoisotopic (exact) mass is 480 g/mol. The summed E-state index contributed by atoms with van der Waals surface area (Å²) in [4.78, 5) is 24.7. The number of sulfonamides is 1. The number of non-ortho nitro benzene ring substituents is 1. The van der Waals surface area contributed by atoms with Crippen LogP contribution in [-0.4, -0.2) is 38.9 Å². The third-order valence-electron chi connectivity index (χ3n) is 5.67. The molecule has 0 aliphatic carbocycles. The van der Waals surface area contributed by atoms with Crippen LogP contribution in [0.25, 0.3) is 0 Å². The molecule has 0 aromatic heterocycles. The van der Waals surface area contributed by atoms with Gasteiger partial charge in [0.15, 0.2) is 0 Å². The summed E-state index contributed by atoms with van der Waals surface area (Å²) in [5.74, 6) is -0.315. The van der Waals surface area contributed by atoms with Gasteiger partial charge in [0.05, 0.1) is 9.82 Å². The van der Waals surface area contributed by atoms with Crippen LogP contribution >= 0.6 is 0 Å². The number of carbonyl (C=O) groups is 1. The number of anilines is 1. The summed E-state index contributed by atoms with van der Waals surface area (Å²) in [7, 11) is -3.93. The number of amides is 1. The topological polar surface area (TPSA) is 122 Å². The minimum atomic E-state index is -3.93. The number of hydrogen-bond donors (Lipinski definition) is 2. The van der Waals surface area contributed by atoms with E-state index in [0.717, 1.165) is 31.3 Å². The van der Waals surface area contributed by atoms with E-state index < -0.39 is 14.9 Å². The predicted molar refractivity (Wildman–Crippen MR) is 128 cm³/mol. The van der Waals surface area contributed by atoms with E-state index in [1.54, 1.807) is 12.1 Å². The lowest BCUT2D eigenvalue weighted by atomic mass is 9.99. The number of carbonyl (C=O) groups excluding carboxylic acids is 1. The summed E-state index contributed by atoms with van der Waals surface area (Å²) in [6, 6.07) is 20.5. The van der Waals surface area contributed by atoms with Crippen LogP contribution in [0, 0.1) is 10.1 Å².